The minimum absolute atomic E-state index is 0.129. The molecule has 3 aromatic carbocycles. The quantitative estimate of drug-likeness (QED) is 0.138. The van der Waals surface area contributed by atoms with E-state index in [1.54, 1.807) is 54.6 Å². The minimum Gasteiger partial charge on any atom is -0.325 e. The molecule has 9 heteroatoms. The molecule has 6 nitrogen and oxygen atoms in total. The van der Waals surface area contributed by atoms with E-state index in [-0.39, 0.29) is 17.5 Å². The molecule has 0 radical (unpaired) electrons. The van der Waals surface area contributed by atoms with E-state index in [0.29, 0.717) is 22.0 Å². The van der Waals surface area contributed by atoms with Gasteiger partial charge in [-0.25, -0.2) is 0 Å². The van der Waals surface area contributed by atoms with Crippen molar-refractivity contribution >= 4 is 69.9 Å². The summed E-state index contributed by atoms with van der Waals surface area (Å²) in [4.78, 5) is 40.7. The van der Waals surface area contributed by atoms with E-state index in [1.165, 1.54) is 23.1 Å². The molecule has 204 valence electrons. The number of halogens is 1. The third-order valence-corrected chi connectivity index (χ3v) is 8.34. The predicted molar refractivity (Wildman–Crippen MR) is 166 cm³/mol. The first-order valence-corrected chi connectivity index (χ1v) is 14.5. The van der Waals surface area contributed by atoms with Gasteiger partial charge in [-0.05, 0) is 92.4 Å². The smallest absolute Gasteiger partial charge is 0.272 e. The molecule has 1 aromatic heterocycles. The maximum atomic E-state index is 13.2. The zero-order chi connectivity index (χ0) is 28.7. The lowest BCUT2D eigenvalue weighted by molar-refractivity contribution is -0.117. The lowest BCUT2D eigenvalue weighted by Gasteiger charge is -2.24. The second-order valence-electron chi connectivity index (χ2n) is 9.35. The third-order valence-electron chi connectivity index (χ3n) is 5.91. The van der Waals surface area contributed by atoms with Crippen molar-refractivity contribution in [3.05, 3.63) is 117 Å². The van der Waals surface area contributed by atoms with E-state index in [0.717, 1.165) is 15.3 Å². The van der Waals surface area contributed by atoms with Crippen molar-refractivity contribution in [2.45, 2.75) is 30.4 Å². The van der Waals surface area contributed by atoms with Gasteiger partial charge in [-0.2, -0.15) is 0 Å². The summed E-state index contributed by atoms with van der Waals surface area (Å²) in [5, 5.41) is 11.0. The minimum atomic E-state index is -0.780. The fourth-order valence-corrected chi connectivity index (χ4v) is 5.46. The van der Waals surface area contributed by atoms with Crippen LogP contribution in [0.5, 0.6) is 0 Å². The molecule has 0 saturated carbocycles. The molecule has 4 rings (SSSR count). The fourth-order valence-electron chi connectivity index (χ4n) is 3.62. The molecule has 0 aliphatic carbocycles. The standard InChI is InChI=1S/C31H28ClN3O3S2/c1-20-25(32)12-7-13-26(20)35-30(38)31(2,3)40-23-16-14-22(15-17-23)33-29(37)27(19-24-11-8-18-39-24)34-28(36)21-9-5-4-6-10-21/h4-19H,1-3H3,(H,33,37)(H,34,36)(H,35,38)/b27-19+. The molecule has 0 bridgehead atoms. The molecule has 0 aliphatic heterocycles. The fraction of sp³-hybridized carbons (Fsp3) is 0.129. The SMILES string of the molecule is Cc1c(Cl)cccc1NC(=O)C(C)(C)Sc1ccc(NC(=O)/C(=C\c2cccs2)NC(=O)c2ccccc2)cc1. The Morgan fingerprint density at radius 2 is 1.60 bits per heavy atom. The molecule has 0 spiro atoms. The molecule has 0 aliphatic rings. The number of carbonyl (C=O) groups excluding carboxylic acids is 3. The molecule has 4 aromatic rings. The summed E-state index contributed by atoms with van der Waals surface area (Å²) in [5.74, 6) is -0.980. The molecule has 40 heavy (non-hydrogen) atoms. The van der Waals surface area contributed by atoms with Crippen LogP contribution in [0, 0.1) is 6.92 Å². The van der Waals surface area contributed by atoms with E-state index in [4.69, 9.17) is 11.6 Å². The van der Waals surface area contributed by atoms with Crippen LogP contribution in [0.15, 0.2) is 101 Å². The zero-order valence-electron chi connectivity index (χ0n) is 22.2. The second-order valence-corrected chi connectivity index (χ2v) is 12.4. The molecular formula is C31H28ClN3O3S2. The van der Waals surface area contributed by atoms with Gasteiger partial charge in [0.1, 0.15) is 5.70 Å². The highest BCUT2D eigenvalue weighted by Crippen LogP contribution is 2.35. The highest BCUT2D eigenvalue weighted by atomic mass is 35.5. The van der Waals surface area contributed by atoms with Crippen LogP contribution >= 0.6 is 34.7 Å². The van der Waals surface area contributed by atoms with Gasteiger partial charge >= 0.3 is 0 Å². The number of carbonyl (C=O) groups is 3. The summed E-state index contributed by atoms with van der Waals surface area (Å²) < 4.78 is -0.780. The maximum Gasteiger partial charge on any atom is 0.272 e. The van der Waals surface area contributed by atoms with Crippen molar-refractivity contribution in [2.24, 2.45) is 0 Å². The average molecular weight is 590 g/mol. The van der Waals surface area contributed by atoms with Gasteiger partial charge in [-0.1, -0.05) is 41.9 Å². The lowest BCUT2D eigenvalue weighted by atomic mass is 10.1. The van der Waals surface area contributed by atoms with E-state index in [9.17, 15) is 14.4 Å². The van der Waals surface area contributed by atoms with E-state index in [1.807, 2.05) is 62.5 Å². The van der Waals surface area contributed by atoms with Crippen molar-refractivity contribution in [3.8, 4) is 0 Å². The Labute approximate surface area is 246 Å². The summed E-state index contributed by atoms with van der Waals surface area (Å²) in [5.41, 5.74) is 2.62. The average Bonchev–Trinajstić information content (AvgIpc) is 3.45. The molecule has 0 saturated heterocycles. The third kappa shape index (κ3) is 7.63. The summed E-state index contributed by atoms with van der Waals surface area (Å²) >= 11 is 9.05. The van der Waals surface area contributed by atoms with Gasteiger partial charge in [0.2, 0.25) is 5.91 Å². The number of benzene rings is 3. The van der Waals surface area contributed by atoms with Crippen LogP contribution in [0.4, 0.5) is 11.4 Å². The van der Waals surface area contributed by atoms with Gasteiger partial charge < -0.3 is 16.0 Å². The number of hydrogen-bond acceptors (Lipinski definition) is 5. The number of amides is 3. The van der Waals surface area contributed by atoms with Crippen LogP contribution < -0.4 is 16.0 Å². The van der Waals surface area contributed by atoms with Gasteiger partial charge in [-0.3, -0.25) is 14.4 Å². The van der Waals surface area contributed by atoms with Crippen LogP contribution in [0.25, 0.3) is 6.08 Å². The van der Waals surface area contributed by atoms with E-state index < -0.39 is 10.7 Å². The van der Waals surface area contributed by atoms with Crippen molar-refractivity contribution in [1.82, 2.24) is 5.32 Å². The van der Waals surface area contributed by atoms with Gasteiger partial charge in [0, 0.05) is 31.7 Å². The lowest BCUT2D eigenvalue weighted by Crippen LogP contribution is -2.34. The van der Waals surface area contributed by atoms with Gasteiger partial charge in [0.15, 0.2) is 0 Å². The number of thioether (sulfide) groups is 1. The first-order valence-electron chi connectivity index (χ1n) is 12.4. The first-order chi connectivity index (χ1) is 19.1. The number of thiophene rings is 1. The van der Waals surface area contributed by atoms with Gasteiger partial charge in [-0.15, -0.1) is 23.1 Å². The Morgan fingerprint density at radius 3 is 2.27 bits per heavy atom. The van der Waals surface area contributed by atoms with Gasteiger partial charge in [0.25, 0.3) is 11.8 Å². The zero-order valence-corrected chi connectivity index (χ0v) is 24.5. The Morgan fingerprint density at radius 1 is 0.875 bits per heavy atom. The van der Waals surface area contributed by atoms with Crippen LogP contribution in [0.1, 0.15) is 34.6 Å². The normalized spacial score (nSPS) is 11.6. The summed E-state index contributed by atoms with van der Waals surface area (Å²) in [7, 11) is 0. The monoisotopic (exact) mass is 589 g/mol. The Bertz CT molecular complexity index is 1530. The van der Waals surface area contributed by atoms with Crippen molar-refractivity contribution in [3.63, 3.8) is 0 Å². The Hall–Kier alpha value is -3.85. The summed E-state index contributed by atoms with van der Waals surface area (Å²) in [6.45, 7) is 5.55. The summed E-state index contributed by atoms with van der Waals surface area (Å²) in [6.07, 6.45) is 1.65. The topological polar surface area (TPSA) is 87.3 Å². The maximum absolute atomic E-state index is 13.2. The highest BCUT2D eigenvalue weighted by Gasteiger charge is 2.29. The van der Waals surface area contributed by atoms with Crippen LogP contribution in [-0.2, 0) is 9.59 Å². The summed E-state index contributed by atoms with van der Waals surface area (Å²) in [6, 6.07) is 25.1. The van der Waals surface area contributed by atoms with Crippen LogP contribution in [0.3, 0.4) is 0 Å². The molecule has 3 N–H and O–H groups in total. The molecule has 3 amide bonds. The molecule has 0 fully saturated rings. The Kier molecular flexibility index (Phi) is 9.47. The first kappa shape index (κ1) is 29.1. The van der Waals surface area contributed by atoms with E-state index >= 15 is 0 Å². The van der Waals surface area contributed by atoms with E-state index in [2.05, 4.69) is 16.0 Å². The van der Waals surface area contributed by atoms with Crippen molar-refractivity contribution in [2.75, 3.05) is 10.6 Å². The molecule has 0 unspecified atom stereocenters. The molecule has 0 atom stereocenters. The number of anilines is 2. The molecule has 1 heterocycles. The largest absolute Gasteiger partial charge is 0.325 e. The number of nitrogens with one attached hydrogen (secondary N) is 3. The second kappa shape index (κ2) is 13.0. The Balaban J connectivity index is 1.43. The van der Waals surface area contributed by atoms with Crippen LogP contribution in [0.2, 0.25) is 5.02 Å². The van der Waals surface area contributed by atoms with Gasteiger partial charge in [0.05, 0.1) is 4.75 Å². The highest BCUT2D eigenvalue weighted by molar-refractivity contribution is 8.01. The number of rotatable bonds is 9. The van der Waals surface area contributed by atoms with Crippen molar-refractivity contribution in [1.29, 1.82) is 0 Å². The molecular weight excluding hydrogens is 562 g/mol. The van der Waals surface area contributed by atoms with Crippen molar-refractivity contribution < 1.29 is 14.4 Å². The predicted octanol–water partition coefficient (Wildman–Crippen LogP) is 7.63. The number of hydrogen-bond donors (Lipinski definition) is 3. The van der Waals surface area contributed by atoms with Crippen LogP contribution in [-0.4, -0.2) is 22.5 Å².